The van der Waals surface area contributed by atoms with E-state index in [2.05, 4.69) is 15.5 Å². The molecule has 2 fully saturated rings. The van der Waals surface area contributed by atoms with Gasteiger partial charge in [-0.2, -0.15) is 13.2 Å². The molecule has 12 heteroatoms. The van der Waals surface area contributed by atoms with Crippen LogP contribution in [0.15, 0.2) is 24.3 Å². The third-order valence-electron chi connectivity index (χ3n) is 5.78. The van der Waals surface area contributed by atoms with Crippen LogP contribution in [0, 0.1) is 11.2 Å². The second-order valence-electron chi connectivity index (χ2n) is 9.25. The highest BCUT2D eigenvalue weighted by Crippen LogP contribution is 2.36. The summed E-state index contributed by atoms with van der Waals surface area (Å²) < 4.78 is 45.4. The molecule has 1 aromatic rings. The van der Waals surface area contributed by atoms with Gasteiger partial charge in [-0.05, 0) is 31.0 Å². The number of alkyl halides is 3. The quantitative estimate of drug-likeness (QED) is 0.561. The number of likely N-dealkylation sites (tertiary alicyclic amines) is 1. The molecule has 0 aromatic heterocycles. The number of nitrogens with one attached hydrogen (secondary N) is 2. The van der Waals surface area contributed by atoms with Gasteiger partial charge in [0.05, 0.1) is 6.67 Å². The van der Waals surface area contributed by atoms with Gasteiger partial charge in [0.25, 0.3) is 0 Å². The van der Waals surface area contributed by atoms with Crippen LogP contribution in [-0.4, -0.2) is 72.4 Å². The number of amides is 2. The summed E-state index contributed by atoms with van der Waals surface area (Å²) in [6.45, 7) is 8.99. The van der Waals surface area contributed by atoms with E-state index in [1.807, 2.05) is 31.7 Å². The van der Waals surface area contributed by atoms with E-state index in [-0.39, 0.29) is 23.0 Å². The second-order valence-corrected chi connectivity index (χ2v) is 9.25. The van der Waals surface area contributed by atoms with Crippen LogP contribution in [0.2, 0.25) is 0 Å². The Balaban J connectivity index is 0.000000509. The van der Waals surface area contributed by atoms with Crippen molar-refractivity contribution in [1.29, 1.82) is 0 Å². The van der Waals surface area contributed by atoms with Gasteiger partial charge >= 0.3 is 12.1 Å². The first kappa shape index (κ1) is 27.4. The number of carboxylic acids is 1. The topological polar surface area (TPSA) is 102 Å². The summed E-state index contributed by atoms with van der Waals surface area (Å²) in [4.78, 5) is 37.7. The van der Waals surface area contributed by atoms with Gasteiger partial charge in [-0.25, -0.2) is 9.18 Å². The minimum atomic E-state index is -5.08. The lowest BCUT2D eigenvalue weighted by molar-refractivity contribution is -0.192. The van der Waals surface area contributed by atoms with Crippen LogP contribution in [-0.2, 0) is 14.4 Å². The average molecular weight is 490 g/mol. The number of carboxylic acid groups (broad SMARTS) is 1. The van der Waals surface area contributed by atoms with Crippen LogP contribution < -0.4 is 15.5 Å². The van der Waals surface area contributed by atoms with Gasteiger partial charge in [0, 0.05) is 37.3 Å². The number of hydrogen-bond donors (Lipinski definition) is 3. The van der Waals surface area contributed by atoms with Crippen molar-refractivity contribution in [1.82, 2.24) is 15.5 Å². The largest absolute Gasteiger partial charge is 0.490 e. The fraction of sp³-hybridized carbons (Fsp3) is 0.591. The molecule has 2 aliphatic rings. The highest BCUT2D eigenvalue weighted by molar-refractivity contribution is 5.93. The number of anilines is 1. The number of rotatable bonds is 4. The highest BCUT2D eigenvalue weighted by Gasteiger charge is 2.50. The number of hydrogen-bond acceptors (Lipinski definition) is 5. The minimum Gasteiger partial charge on any atom is -0.475 e. The van der Waals surface area contributed by atoms with Crippen molar-refractivity contribution in [2.75, 3.05) is 37.7 Å². The van der Waals surface area contributed by atoms with Crippen LogP contribution in [0.4, 0.5) is 23.2 Å². The van der Waals surface area contributed by atoms with Gasteiger partial charge in [-0.1, -0.05) is 26.8 Å². The van der Waals surface area contributed by atoms with Gasteiger partial charge < -0.3 is 25.5 Å². The van der Waals surface area contributed by atoms with Crippen LogP contribution >= 0.6 is 0 Å². The number of nitrogens with zero attached hydrogens (tertiary/aromatic N) is 2. The lowest BCUT2D eigenvalue weighted by atomic mass is 9.85. The minimum absolute atomic E-state index is 0.0208. The van der Waals surface area contributed by atoms with Crippen molar-refractivity contribution in [3.8, 4) is 0 Å². The Hall–Kier alpha value is -2.89. The molecule has 2 aliphatic heterocycles. The van der Waals surface area contributed by atoms with E-state index >= 15 is 0 Å². The summed E-state index contributed by atoms with van der Waals surface area (Å²) in [5.41, 5.74) is -0.266. The third-order valence-corrected chi connectivity index (χ3v) is 5.78. The van der Waals surface area contributed by atoms with Gasteiger partial charge in [-0.3, -0.25) is 9.59 Å². The van der Waals surface area contributed by atoms with Gasteiger partial charge in [0.2, 0.25) is 11.8 Å². The lowest BCUT2D eigenvalue weighted by Crippen LogP contribution is -2.57. The molecule has 2 heterocycles. The van der Waals surface area contributed by atoms with Crippen LogP contribution in [0.25, 0.3) is 0 Å². The maximum Gasteiger partial charge on any atom is 0.490 e. The molecule has 1 spiro atoms. The number of piperidine rings is 1. The molecule has 3 N–H and O–H groups in total. The Morgan fingerprint density at radius 2 is 1.76 bits per heavy atom. The molecule has 0 saturated carbocycles. The second kappa shape index (κ2) is 10.6. The number of halogens is 4. The van der Waals surface area contributed by atoms with Crippen molar-refractivity contribution in [3.05, 3.63) is 30.1 Å². The Morgan fingerprint density at radius 3 is 2.26 bits per heavy atom. The third kappa shape index (κ3) is 6.81. The van der Waals surface area contributed by atoms with E-state index in [0.29, 0.717) is 26.1 Å². The lowest BCUT2D eigenvalue weighted by Gasteiger charge is -2.43. The first-order valence-corrected chi connectivity index (χ1v) is 10.8. The summed E-state index contributed by atoms with van der Waals surface area (Å²) in [7, 11) is 0. The molecule has 0 atom stereocenters. The fourth-order valence-corrected chi connectivity index (χ4v) is 3.81. The highest BCUT2D eigenvalue weighted by atomic mass is 19.4. The summed E-state index contributed by atoms with van der Waals surface area (Å²) in [5.74, 6) is -2.99. The Morgan fingerprint density at radius 1 is 1.18 bits per heavy atom. The standard InChI is InChI=1S/C20H29FN4O2.C2HF3O2/c1-19(2,3)17(26)22-9-12-24-10-7-20(8-11-24)18(27)23-14-25(20)16-6-4-5-15(21)13-16;3-2(4,5)1(6)7/h4-6,13H,7-12,14H2,1-3H3,(H,22,26)(H,23,27);(H,6,7). The van der Waals surface area contributed by atoms with Crippen molar-refractivity contribution in [2.24, 2.45) is 5.41 Å². The predicted molar refractivity (Wildman–Crippen MR) is 116 cm³/mol. The number of carbonyl (C=O) groups excluding carboxylic acids is 2. The molecule has 190 valence electrons. The molecule has 34 heavy (non-hydrogen) atoms. The van der Waals surface area contributed by atoms with Crippen LogP contribution in [0.5, 0.6) is 0 Å². The molecular weight excluding hydrogens is 460 g/mol. The summed E-state index contributed by atoms with van der Waals surface area (Å²) in [6.07, 6.45) is -3.72. The molecule has 2 amide bonds. The maximum atomic E-state index is 13.6. The molecule has 2 saturated heterocycles. The SMILES string of the molecule is CC(C)(C)C(=O)NCCN1CCC2(CC1)C(=O)NCN2c1cccc(F)c1.O=C(O)C(F)(F)F. The van der Waals surface area contributed by atoms with Gasteiger partial charge in [0.1, 0.15) is 11.4 Å². The fourth-order valence-electron chi connectivity index (χ4n) is 3.81. The van der Waals surface area contributed by atoms with E-state index in [0.717, 1.165) is 25.3 Å². The zero-order chi connectivity index (χ0) is 25.7. The number of benzene rings is 1. The van der Waals surface area contributed by atoms with E-state index in [1.54, 1.807) is 6.07 Å². The molecular formula is C22H30F4N4O4. The molecule has 0 bridgehead atoms. The van der Waals surface area contributed by atoms with Crippen molar-refractivity contribution >= 4 is 23.5 Å². The molecule has 0 aliphatic carbocycles. The average Bonchev–Trinajstić information content (AvgIpc) is 3.04. The van der Waals surface area contributed by atoms with E-state index < -0.39 is 17.7 Å². The van der Waals surface area contributed by atoms with E-state index in [1.165, 1.54) is 12.1 Å². The Bertz CT molecular complexity index is 894. The van der Waals surface area contributed by atoms with E-state index in [9.17, 15) is 27.2 Å². The normalized spacial score (nSPS) is 18.2. The first-order chi connectivity index (χ1) is 15.7. The molecule has 1 aromatic carbocycles. The van der Waals surface area contributed by atoms with Crippen LogP contribution in [0.3, 0.4) is 0 Å². The smallest absolute Gasteiger partial charge is 0.475 e. The zero-order valence-corrected chi connectivity index (χ0v) is 19.3. The number of aliphatic carboxylic acids is 1. The van der Waals surface area contributed by atoms with Gasteiger partial charge in [0.15, 0.2) is 0 Å². The predicted octanol–water partition coefficient (Wildman–Crippen LogP) is 2.35. The number of carbonyl (C=O) groups is 3. The van der Waals surface area contributed by atoms with Crippen molar-refractivity contribution in [2.45, 2.75) is 45.3 Å². The van der Waals surface area contributed by atoms with Gasteiger partial charge in [-0.15, -0.1) is 0 Å². The monoisotopic (exact) mass is 490 g/mol. The molecule has 0 radical (unpaired) electrons. The first-order valence-electron chi connectivity index (χ1n) is 10.8. The Labute approximate surface area is 195 Å². The summed E-state index contributed by atoms with van der Waals surface area (Å²) >= 11 is 0. The summed E-state index contributed by atoms with van der Waals surface area (Å²) in [5, 5.41) is 13.0. The van der Waals surface area contributed by atoms with Crippen molar-refractivity contribution in [3.63, 3.8) is 0 Å². The van der Waals surface area contributed by atoms with Crippen molar-refractivity contribution < 1.29 is 37.1 Å². The molecule has 8 nitrogen and oxygen atoms in total. The van der Waals surface area contributed by atoms with Crippen LogP contribution in [0.1, 0.15) is 33.6 Å². The Kier molecular flexibility index (Phi) is 8.51. The zero-order valence-electron chi connectivity index (χ0n) is 19.3. The summed E-state index contributed by atoms with van der Waals surface area (Å²) in [6, 6.07) is 6.42. The van der Waals surface area contributed by atoms with E-state index in [4.69, 9.17) is 9.90 Å². The maximum absolute atomic E-state index is 13.6. The molecule has 0 unspecified atom stereocenters. The molecule has 3 rings (SSSR count).